The Bertz CT molecular complexity index is 2490. The van der Waals surface area contributed by atoms with Crippen LogP contribution in [0.4, 0.5) is 0 Å². The van der Waals surface area contributed by atoms with Crippen molar-refractivity contribution < 1.29 is 0 Å². The highest BCUT2D eigenvalue weighted by atomic mass is 15.0. The van der Waals surface area contributed by atoms with Crippen molar-refractivity contribution in [3.05, 3.63) is 194 Å². The molecule has 2 nitrogen and oxygen atoms in total. The Hall–Kier alpha value is -6.51. The van der Waals surface area contributed by atoms with Crippen LogP contribution in [0.1, 0.15) is 0 Å². The third kappa shape index (κ3) is 5.11. The Morgan fingerprint density at radius 2 is 0.776 bits per heavy atom. The fourth-order valence-electron chi connectivity index (χ4n) is 7.24. The van der Waals surface area contributed by atoms with Gasteiger partial charge < -0.3 is 4.57 Å². The second kappa shape index (κ2) is 12.3. The lowest BCUT2D eigenvalue weighted by atomic mass is 9.85. The van der Waals surface area contributed by atoms with E-state index in [-0.39, 0.29) is 0 Å². The molecule has 2 heteroatoms. The van der Waals surface area contributed by atoms with Crippen LogP contribution in [0, 0.1) is 0 Å². The van der Waals surface area contributed by atoms with Crippen molar-refractivity contribution in [3.63, 3.8) is 0 Å². The Kier molecular flexibility index (Phi) is 7.18. The molecule has 9 aromatic rings. The van der Waals surface area contributed by atoms with Gasteiger partial charge in [-0.05, 0) is 85.3 Å². The van der Waals surface area contributed by atoms with Crippen molar-refractivity contribution in [3.8, 4) is 61.7 Å². The summed E-state index contributed by atoms with van der Waals surface area (Å²) in [4.78, 5) is 5.11. The predicted octanol–water partition coefficient (Wildman–Crippen LogP) is 12.5. The highest BCUT2D eigenvalue weighted by molar-refractivity contribution is 6.21. The molecule has 0 atom stereocenters. The Labute approximate surface area is 286 Å². The normalized spacial score (nSPS) is 11.3. The van der Waals surface area contributed by atoms with E-state index in [9.17, 15) is 0 Å². The van der Waals surface area contributed by atoms with Crippen LogP contribution in [0.3, 0.4) is 0 Å². The van der Waals surface area contributed by atoms with Gasteiger partial charge in [0.25, 0.3) is 0 Å². The minimum Gasteiger partial charge on any atom is -0.308 e. The van der Waals surface area contributed by atoms with E-state index in [1.807, 2.05) is 6.20 Å². The average molecular weight is 625 g/mol. The van der Waals surface area contributed by atoms with Gasteiger partial charge in [-0.1, -0.05) is 158 Å². The first-order valence-electron chi connectivity index (χ1n) is 16.7. The van der Waals surface area contributed by atoms with Crippen LogP contribution in [0.25, 0.3) is 83.3 Å². The molecule has 0 aliphatic carbocycles. The highest BCUT2D eigenvalue weighted by Gasteiger charge is 2.18. The van der Waals surface area contributed by atoms with Crippen molar-refractivity contribution in [2.45, 2.75) is 0 Å². The standard InChI is InChI=1S/C47H32N2/c1-5-15-33(16-6-1)44-29-30-45(34-17-7-2-8-18-34)49(44)38-26-28-43(48-32-38)37-25-27-41-42(31-37)47(36-21-11-4-12-22-36)40-24-14-13-23-39(40)46(41)35-19-9-3-10-20-35/h1-32H. The molecule has 0 unspecified atom stereocenters. The molecule has 0 saturated heterocycles. The lowest BCUT2D eigenvalue weighted by molar-refractivity contribution is 1.07. The van der Waals surface area contributed by atoms with E-state index in [1.54, 1.807) is 0 Å². The Balaban J connectivity index is 1.23. The van der Waals surface area contributed by atoms with Crippen molar-refractivity contribution in [2.24, 2.45) is 0 Å². The number of rotatable bonds is 6. The summed E-state index contributed by atoms with van der Waals surface area (Å²) < 4.78 is 2.31. The fraction of sp³-hybridized carbons (Fsp3) is 0. The van der Waals surface area contributed by atoms with Crippen LogP contribution in [0.15, 0.2) is 194 Å². The molecule has 0 saturated carbocycles. The first-order valence-corrected chi connectivity index (χ1v) is 16.7. The number of aromatic nitrogens is 2. The lowest BCUT2D eigenvalue weighted by Crippen LogP contribution is -2.00. The van der Waals surface area contributed by atoms with Crippen LogP contribution >= 0.6 is 0 Å². The number of pyridine rings is 1. The van der Waals surface area contributed by atoms with Gasteiger partial charge in [0.15, 0.2) is 0 Å². The summed E-state index contributed by atoms with van der Waals surface area (Å²) in [6.07, 6.45) is 2.01. The molecule has 9 rings (SSSR count). The number of nitrogens with zero attached hydrogens (tertiary/aromatic N) is 2. The Morgan fingerprint density at radius 1 is 0.327 bits per heavy atom. The number of benzene rings is 7. The summed E-state index contributed by atoms with van der Waals surface area (Å²) in [5.41, 5.74) is 12.6. The summed E-state index contributed by atoms with van der Waals surface area (Å²) in [5.74, 6) is 0. The molecular weight excluding hydrogens is 593 g/mol. The average Bonchev–Trinajstić information content (AvgIpc) is 3.64. The molecule has 2 heterocycles. The monoisotopic (exact) mass is 624 g/mol. The fourth-order valence-corrected chi connectivity index (χ4v) is 7.24. The minimum absolute atomic E-state index is 0.939. The van der Waals surface area contributed by atoms with Gasteiger partial charge in [-0.3, -0.25) is 4.98 Å². The molecule has 0 radical (unpaired) electrons. The maximum Gasteiger partial charge on any atom is 0.0703 e. The van der Waals surface area contributed by atoms with Gasteiger partial charge in [-0.2, -0.15) is 0 Å². The van der Waals surface area contributed by atoms with E-state index in [0.717, 1.165) is 39.5 Å². The van der Waals surface area contributed by atoms with Gasteiger partial charge in [0.2, 0.25) is 0 Å². The van der Waals surface area contributed by atoms with Gasteiger partial charge in [0.1, 0.15) is 0 Å². The maximum absolute atomic E-state index is 5.11. The zero-order valence-electron chi connectivity index (χ0n) is 26.9. The molecule has 230 valence electrons. The number of fused-ring (bicyclic) bond motifs is 2. The van der Waals surface area contributed by atoms with Gasteiger partial charge in [-0.25, -0.2) is 0 Å². The highest BCUT2D eigenvalue weighted by Crippen LogP contribution is 2.44. The second-order valence-electron chi connectivity index (χ2n) is 12.4. The SMILES string of the molecule is c1ccc(-c2c3ccccc3c(-c3ccccc3)c3cc(-c4ccc(-n5c(-c6ccccc6)ccc5-c5ccccc5)cn4)ccc23)cc1. The second-order valence-corrected chi connectivity index (χ2v) is 12.4. The van der Waals surface area contributed by atoms with E-state index in [1.165, 1.54) is 43.8 Å². The zero-order valence-corrected chi connectivity index (χ0v) is 26.9. The van der Waals surface area contributed by atoms with Crippen LogP contribution in [0.2, 0.25) is 0 Å². The third-order valence-electron chi connectivity index (χ3n) is 9.47. The summed E-state index contributed by atoms with van der Waals surface area (Å²) in [6.45, 7) is 0. The summed E-state index contributed by atoms with van der Waals surface area (Å²) in [7, 11) is 0. The quantitative estimate of drug-likeness (QED) is 0.168. The molecule has 0 fully saturated rings. The van der Waals surface area contributed by atoms with Crippen LogP contribution in [0.5, 0.6) is 0 Å². The maximum atomic E-state index is 5.11. The first-order chi connectivity index (χ1) is 24.3. The largest absolute Gasteiger partial charge is 0.308 e. The summed E-state index contributed by atoms with van der Waals surface area (Å²) in [5, 5.41) is 4.95. The third-order valence-corrected chi connectivity index (χ3v) is 9.47. The lowest BCUT2D eigenvalue weighted by Gasteiger charge is -2.19. The molecule has 7 aromatic carbocycles. The summed E-state index contributed by atoms with van der Waals surface area (Å²) >= 11 is 0. The van der Waals surface area contributed by atoms with Crippen LogP contribution in [-0.4, -0.2) is 9.55 Å². The number of hydrogen-bond donors (Lipinski definition) is 0. The van der Waals surface area contributed by atoms with E-state index in [2.05, 4.69) is 193 Å². The van der Waals surface area contributed by atoms with E-state index in [4.69, 9.17) is 4.98 Å². The molecular formula is C47H32N2. The first kappa shape index (κ1) is 28.7. The van der Waals surface area contributed by atoms with Crippen LogP contribution < -0.4 is 0 Å². The van der Waals surface area contributed by atoms with Crippen molar-refractivity contribution in [1.82, 2.24) is 9.55 Å². The smallest absolute Gasteiger partial charge is 0.0703 e. The molecule has 0 amide bonds. The molecule has 0 N–H and O–H groups in total. The molecule has 0 spiro atoms. The molecule has 49 heavy (non-hydrogen) atoms. The van der Waals surface area contributed by atoms with Crippen LogP contribution in [-0.2, 0) is 0 Å². The van der Waals surface area contributed by atoms with E-state index < -0.39 is 0 Å². The predicted molar refractivity (Wildman–Crippen MR) is 206 cm³/mol. The molecule has 0 aliphatic rings. The van der Waals surface area contributed by atoms with Gasteiger partial charge in [0.05, 0.1) is 29.0 Å². The molecule has 0 bridgehead atoms. The molecule has 2 aromatic heterocycles. The molecule has 0 aliphatic heterocycles. The topological polar surface area (TPSA) is 17.8 Å². The van der Waals surface area contributed by atoms with E-state index in [0.29, 0.717) is 0 Å². The van der Waals surface area contributed by atoms with Crippen molar-refractivity contribution >= 4 is 21.5 Å². The van der Waals surface area contributed by atoms with Crippen molar-refractivity contribution in [2.75, 3.05) is 0 Å². The van der Waals surface area contributed by atoms with E-state index >= 15 is 0 Å². The summed E-state index contributed by atoms with van der Waals surface area (Å²) in [6, 6.07) is 67.1. The van der Waals surface area contributed by atoms with Gasteiger partial charge in [-0.15, -0.1) is 0 Å². The number of hydrogen-bond acceptors (Lipinski definition) is 1. The zero-order chi connectivity index (χ0) is 32.6. The van der Waals surface area contributed by atoms with Gasteiger partial charge >= 0.3 is 0 Å². The van der Waals surface area contributed by atoms with Crippen molar-refractivity contribution in [1.29, 1.82) is 0 Å². The Morgan fingerprint density at radius 3 is 1.27 bits per heavy atom. The minimum atomic E-state index is 0.939. The van der Waals surface area contributed by atoms with Gasteiger partial charge in [0, 0.05) is 5.56 Å².